The van der Waals surface area contributed by atoms with Crippen LogP contribution in [0.2, 0.25) is 0 Å². The summed E-state index contributed by atoms with van der Waals surface area (Å²) >= 11 is 14.5. The Hall–Kier alpha value is 1.75. The second-order valence-electron chi connectivity index (χ2n) is 2.06. The SMILES string of the molecule is CC1(S)SCSC(CS)S1. The Kier molecular flexibility index (Phi) is 4.05. The van der Waals surface area contributed by atoms with Gasteiger partial charge in [-0.05, 0) is 6.92 Å². The average molecular weight is 230 g/mol. The summed E-state index contributed by atoms with van der Waals surface area (Å²) in [6.07, 6.45) is 0. The molecule has 0 aromatic rings. The van der Waals surface area contributed by atoms with Crippen LogP contribution in [0.3, 0.4) is 0 Å². The van der Waals surface area contributed by atoms with Crippen LogP contribution in [0.25, 0.3) is 0 Å². The molecule has 1 saturated heterocycles. The van der Waals surface area contributed by atoms with Gasteiger partial charge in [0, 0.05) is 10.8 Å². The molecule has 0 bridgehead atoms. The number of thiol groups is 2. The van der Waals surface area contributed by atoms with Crippen LogP contribution in [0, 0.1) is 0 Å². The van der Waals surface area contributed by atoms with Crippen molar-refractivity contribution in [3.05, 3.63) is 0 Å². The lowest BCUT2D eigenvalue weighted by Crippen LogP contribution is -2.17. The molecule has 0 saturated carbocycles. The van der Waals surface area contributed by atoms with Crippen molar-refractivity contribution in [3.63, 3.8) is 0 Å². The van der Waals surface area contributed by atoms with Crippen molar-refractivity contribution in [2.45, 2.75) is 14.9 Å². The molecule has 2 atom stereocenters. The lowest BCUT2D eigenvalue weighted by Gasteiger charge is -2.31. The summed E-state index contributed by atoms with van der Waals surface area (Å²) < 4.78 is 0.741. The van der Waals surface area contributed by atoms with Gasteiger partial charge in [0.2, 0.25) is 0 Å². The van der Waals surface area contributed by atoms with E-state index in [1.807, 2.05) is 35.3 Å². The third-order valence-electron chi connectivity index (χ3n) is 1.08. The van der Waals surface area contributed by atoms with E-state index in [1.54, 1.807) is 0 Å². The zero-order valence-corrected chi connectivity index (χ0v) is 9.85. The first-order valence-electron chi connectivity index (χ1n) is 2.91. The predicted molar refractivity (Wildman–Crippen MR) is 62.7 cm³/mol. The predicted octanol–water partition coefficient (Wildman–Crippen LogP) is 3.02. The molecule has 0 amide bonds. The van der Waals surface area contributed by atoms with Crippen molar-refractivity contribution in [3.8, 4) is 0 Å². The van der Waals surface area contributed by atoms with Crippen molar-refractivity contribution in [2.75, 3.05) is 10.8 Å². The van der Waals surface area contributed by atoms with E-state index in [0.29, 0.717) is 4.58 Å². The third-order valence-corrected chi connectivity index (χ3v) is 6.94. The fourth-order valence-electron chi connectivity index (χ4n) is 0.621. The first-order chi connectivity index (χ1) is 4.64. The van der Waals surface area contributed by atoms with Gasteiger partial charge in [0.25, 0.3) is 0 Å². The quantitative estimate of drug-likeness (QED) is 0.665. The molecule has 0 aromatic heterocycles. The topological polar surface area (TPSA) is 0 Å². The number of rotatable bonds is 1. The minimum Gasteiger partial charge on any atom is -0.177 e. The Morgan fingerprint density at radius 1 is 1.70 bits per heavy atom. The van der Waals surface area contributed by atoms with E-state index in [4.69, 9.17) is 0 Å². The maximum atomic E-state index is 4.51. The molecule has 0 N–H and O–H groups in total. The van der Waals surface area contributed by atoms with Gasteiger partial charge < -0.3 is 0 Å². The van der Waals surface area contributed by atoms with Crippen LogP contribution in [-0.2, 0) is 0 Å². The first-order valence-corrected chi connectivity index (χ1v) is 6.90. The molecule has 10 heavy (non-hydrogen) atoms. The van der Waals surface area contributed by atoms with Crippen molar-refractivity contribution in [2.24, 2.45) is 0 Å². The highest BCUT2D eigenvalue weighted by Gasteiger charge is 2.29. The molecule has 1 aliphatic rings. The summed E-state index contributed by atoms with van der Waals surface area (Å²) in [6.45, 7) is 2.15. The van der Waals surface area contributed by atoms with Crippen molar-refractivity contribution < 1.29 is 0 Å². The molecule has 5 heteroatoms. The molecule has 0 aromatic carbocycles. The summed E-state index contributed by atoms with van der Waals surface area (Å²) in [4.78, 5) is 0. The van der Waals surface area contributed by atoms with Crippen LogP contribution in [0.1, 0.15) is 6.92 Å². The van der Waals surface area contributed by atoms with E-state index in [0.717, 1.165) is 10.8 Å². The van der Waals surface area contributed by atoms with Gasteiger partial charge in [-0.15, -0.1) is 35.3 Å². The van der Waals surface area contributed by atoms with E-state index >= 15 is 0 Å². The van der Waals surface area contributed by atoms with Crippen LogP contribution >= 0.6 is 60.5 Å². The van der Waals surface area contributed by atoms with Crippen molar-refractivity contribution in [1.82, 2.24) is 0 Å². The molecular weight excluding hydrogens is 220 g/mol. The van der Waals surface area contributed by atoms with Gasteiger partial charge in [-0.3, -0.25) is 0 Å². The van der Waals surface area contributed by atoms with Crippen LogP contribution < -0.4 is 0 Å². The molecule has 1 heterocycles. The third kappa shape index (κ3) is 3.01. The second-order valence-corrected chi connectivity index (χ2v) is 9.05. The van der Waals surface area contributed by atoms with Crippen molar-refractivity contribution in [1.29, 1.82) is 0 Å². The Bertz CT molecular complexity index is 113. The molecule has 0 nitrogen and oxygen atoms in total. The van der Waals surface area contributed by atoms with Crippen LogP contribution in [0.15, 0.2) is 0 Å². The summed E-state index contributed by atoms with van der Waals surface area (Å²) in [5.41, 5.74) is 0. The normalized spacial score (nSPS) is 41.7. The maximum absolute atomic E-state index is 4.51. The molecule has 1 fully saturated rings. The lowest BCUT2D eigenvalue weighted by atomic mass is 10.9. The highest BCUT2D eigenvalue weighted by atomic mass is 32.3. The summed E-state index contributed by atoms with van der Waals surface area (Å²) in [6, 6.07) is 0. The summed E-state index contributed by atoms with van der Waals surface area (Å²) in [5, 5.41) is 1.15. The van der Waals surface area contributed by atoms with Gasteiger partial charge in [0.1, 0.15) is 3.41 Å². The Morgan fingerprint density at radius 2 is 2.40 bits per heavy atom. The minimum atomic E-state index is 0.110. The van der Waals surface area contributed by atoms with E-state index < -0.39 is 0 Å². The molecule has 0 spiro atoms. The van der Waals surface area contributed by atoms with Gasteiger partial charge in [-0.2, -0.15) is 25.3 Å². The molecule has 1 rings (SSSR count). The molecule has 0 radical (unpaired) electrons. The van der Waals surface area contributed by atoms with Gasteiger partial charge in [-0.25, -0.2) is 0 Å². The summed E-state index contributed by atoms with van der Waals surface area (Å²) in [5.74, 6) is 0.950. The minimum absolute atomic E-state index is 0.110. The highest BCUT2D eigenvalue weighted by Crippen LogP contribution is 2.52. The molecule has 2 unspecified atom stereocenters. The van der Waals surface area contributed by atoms with Gasteiger partial charge in [0.05, 0.1) is 4.58 Å². The molecular formula is C5H10S5. The van der Waals surface area contributed by atoms with E-state index in [1.165, 1.54) is 0 Å². The standard InChI is InChI=1S/C5H10S5/c1-5(7)9-3-8-4(2-6)10-5/h4,6-7H,2-3H2,1H3. The van der Waals surface area contributed by atoms with Gasteiger partial charge >= 0.3 is 0 Å². The van der Waals surface area contributed by atoms with Gasteiger partial charge in [-0.1, -0.05) is 0 Å². The second kappa shape index (κ2) is 4.12. The van der Waals surface area contributed by atoms with Crippen molar-refractivity contribution >= 4 is 60.5 Å². The van der Waals surface area contributed by atoms with E-state index in [2.05, 4.69) is 32.2 Å². The smallest absolute Gasteiger partial charge is 0.103 e. The largest absolute Gasteiger partial charge is 0.177 e. The van der Waals surface area contributed by atoms with Crippen LogP contribution in [0.4, 0.5) is 0 Å². The Balaban J connectivity index is 2.40. The molecule has 0 aliphatic carbocycles. The zero-order valence-electron chi connectivity index (χ0n) is 5.61. The fourth-order valence-corrected chi connectivity index (χ4v) is 7.24. The highest BCUT2D eigenvalue weighted by molar-refractivity contribution is 8.40. The molecule has 1 aliphatic heterocycles. The average Bonchev–Trinajstić information content (AvgIpc) is 1.86. The Morgan fingerprint density at radius 3 is 2.80 bits per heavy atom. The van der Waals surface area contributed by atoms with Gasteiger partial charge in [0.15, 0.2) is 0 Å². The zero-order chi connectivity index (χ0) is 7.61. The van der Waals surface area contributed by atoms with E-state index in [-0.39, 0.29) is 3.41 Å². The van der Waals surface area contributed by atoms with Crippen LogP contribution in [0.5, 0.6) is 0 Å². The maximum Gasteiger partial charge on any atom is 0.103 e. The number of hydrogen-bond acceptors (Lipinski definition) is 5. The fraction of sp³-hybridized carbons (Fsp3) is 1.00. The van der Waals surface area contributed by atoms with Crippen LogP contribution in [-0.4, -0.2) is 18.8 Å². The van der Waals surface area contributed by atoms with E-state index in [9.17, 15) is 0 Å². The Labute approximate surface area is 85.9 Å². The lowest BCUT2D eigenvalue weighted by molar-refractivity contribution is 1.30. The number of thioether (sulfide) groups is 3. The number of hydrogen-bond donors (Lipinski definition) is 2. The molecule has 60 valence electrons. The first kappa shape index (κ1) is 9.84. The summed E-state index contributed by atoms with van der Waals surface area (Å²) in [7, 11) is 0. The monoisotopic (exact) mass is 230 g/mol.